The summed E-state index contributed by atoms with van der Waals surface area (Å²) in [5.41, 5.74) is 16.8. The summed E-state index contributed by atoms with van der Waals surface area (Å²) in [6.07, 6.45) is 2.55. The van der Waals surface area contributed by atoms with Gasteiger partial charge in [0.05, 0.1) is 33.5 Å². The van der Waals surface area contributed by atoms with Crippen LogP contribution in [0.4, 0.5) is 0 Å². The van der Waals surface area contributed by atoms with Crippen LogP contribution < -0.4 is 0 Å². The Bertz CT molecular complexity index is 3790. The van der Waals surface area contributed by atoms with Crippen molar-refractivity contribution in [3.8, 4) is 16.8 Å². The molecule has 0 N–H and O–H groups in total. The van der Waals surface area contributed by atoms with Crippen LogP contribution in [0.1, 0.15) is 47.6 Å². The first-order chi connectivity index (χ1) is 30.6. The van der Waals surface area contributed by atoms with E-state index in [1.54, 1.807) is 0 Å². The molecule has 62 heavy (non-hydrogen) atoms. The van der Waals surface area contributed by atoms with Gasteiger partial charge in [0.2, 0.25) is 0 Å². The molecule has 4 nitrogen and oxygen atoms in total. The average Bonchev–Trinajstić information content (AvgIpc) is 3.98. The Balaban J connectivity index is 1.07. The average molecular weight is 794 g/mol. The summed E-state index contributed by atoms with van der Waals surface area (Å²) >= 11 is 0. The second kappa shape index (κ2) is 13.6. The van der Waals surface area contributed by atoms with Gasteiger partial charge in [-0.05, 0) is 124 Å². The van der Waals surface area contributed by atoms with E-state index in [1.165, 1.54) is 49.4 Å². The van der Waals surface area contributed by atoms with E-state index in [0.717, 1.165) is 96.8 Å². The number of furan rings is 1. The third-order valence-corrected chi connectivity index (χ3v) is 13.3. The fourth-order valence-electron chi connectivity index (χ4n) is 10.3. The number of benzene rings is 9. The Hall–Kier alpha value is -7.82. The standard InChI is InChI=1S/C58H39N3O/c1-35-25-28-50(41-27-26-40-29-39-16-5-7-19-44(39)48(40)31-41)59-58(46-22-12-17-36-13-4-6-18-43(36)46)60-57(35)42-33-53(56-47-21-9-11-24-54(47)62-55(56)34-42)61-51-23-10-8-20-45(51)49-30-37-14-2-3-15-38(37)32-52(49)61/h2-24,26-27,30-34H,25,28-29H2,1H3/b57-35+,59-50?,60-58?. The van der Waals surface area contributed by atoms with Gasteiger partial charge in [-0.15, -0.1) is 0 Å². The molecule has 0 amide bonds. The number of hydrogen-bond donors (Lipinski definition) is 0. The number of para-hydroxylation sites is 2. The molecule has 0 bridgehead atoms. The lowest BCUT2D eigenvalue weighted by Gasteiger charge is -2.19. The van der Waals surface area contributed by atoms with E-state index in [9.17, 15) is 0 Å². The number of amidine groups is 1. The third-order valence-electron chi connectivity index (χ3n) is 13.3. The predicted octanol–water partition coefficient (Wildman–Crippen LogP) is 15.0. The molecule has 9 aromatic carbocycles. The Kier molecular flexibility index (Phi) is 7.67. The van der Waals surface area contributed by atoms with Gasteiger partial charge >= 0.3 is 0 Å². The van der Waals surface area contributed by atoms with Crippen LogP contribution in [0.15, 0.2) is 202 Å². The van der Waals surface area contributed by atoms with E-state index in [2.05, 4.69) is 193 Å². The van der Waals surface area contributed by atoms with E-state index < -0.39 is 0 Å². The fraction of sp³-hybridized carbons (Fsp3) is 0.0690. The highest BCUT2D eigenvalue weighted by Gasteiger charge is 2.24. The first-order valence-corrected chi connectivity index (χ1v) is 21.6. The molecule has 0 spiro atoms. The molecule has 2 aliphatic rings. The Labute approximate surface area is 358 Å². The topological polar surface area (TPSA) is 42.8 Å². The van der Waals surface area contributed by atoms with Gasteiger partial charge in [-0.3, -0.25) is 0 Å². The molecule has 292 valence electrons. The zero-order valence-electron chi connectivity index (χ0n) is 34.2. The van der Waals surface area contributed by atoms with Gasteiger partial charge in [0.15, 0.2) is 5.84 Å². The predicted molar refractivity (Wildman–Crippen MR) is 259 cm³/mol. The van der Waals surface area contributed by atoms with Crippen LogP contribution in [0.25, 0.3) is 87.8 Å². The van der Waals surface area contributed by atoms with E-state index >= 15 is 0 Å². The van der Waals surface area contributed by atoms with Crippen molar-refractivity contribution in [2.45, 2.75) is 26.2 Å². The molecule has 11 aromatic rings. The molecule has 4 heteroatoms. The van der Waals surface area contributed by atoms with Gasteiger partial charge in [0, 0.05) is 27.3 Å². The molecule has 1 aliphatic carbocycles. The maximum Gasteiger partial charge on any atom is 0.160 e. The monoisotopic (exact) mass is 793 g/mol. The van der Waals surface area contributed by atoms with Crippen molar-refractivity contribution in [3.63, 3.8) is 0 Å². The highest BCUT2D eigenvalue weighted by Crippen LogP contribution is 2.43. The first kappa shape index (κ1) is 35.0. The minimum absolute atomic E-state index is 0.710. The Morgan fingerprint density at radius 2 is 1.18 bits per heavy atom. The Morgan fingerprint density at radius 3 is 2.08 bits per heavy atom. The van der Waals surface area contributed by atoms with E-state index in [1.807, 2.05) is 0 Å². The molecule has 0 saturated heterocycles. The van der Waals surface area contributed by atoms with Crippen molar-refractivity contribution in [1.82, 2.24) is 4.57 Å². The van der Waals surface area contributed by atoms with E-state index in [-0.39, 0.29) is 0 Å². The lowest BCUT2D eigenvalue weighted by atomic mass is 9.94. The van der Waals surface area contributed by atoms with Crippen LogP contribution in [0.5, 0.6) is 0 Å². The van der Waals surface area contributed by atoms with Crippen LogP contribution in [-0.2, 0) is 6.42 Å². The summed E-state index contributed by atoms with van der Waals surface area (Å²) in [7, 11) is 0. The lowest BCUT2D eigenvalue weighted by Crippen LogP contribution is -2.11. The lowest BCUT2D eigenvalue weighted by molar-refractivity contribution is 0.668. The molecule has 0 saturated carbocycles. The number of fused-ring (bicyclic) bond motifs is 11. The highest BCUT2D eigenvalue weighted by atomic mass is 16.3. The maximum atomic E-state index is 6.80. The van der Waals surface area contributed by atoms with E-state index in [4.69, 9.17) is 14.4 Å². The highest BCUT2D eigenvalue weighted by molar-refractivity contribution is 6.20. The number of rotatable bonds is 4. The summed E-state index contributed by atoms with van der Waals surface area (Å²) in [6, 6.07) is 65.8. The second-order valence-electron chi connectivity index (χ2n) is 16.9. The minimum atomic E-state index is 0.710. The molecule has 0 fully saturated rings. The summed E-state index contributed by atoms with van der Waals surface area (Å²) in [5.74, 6) is 0.710. The summed E-state index contributed by atoms with van der Waals surface area (Å²) < 4.78 is 9.25. The summed E-state index contributed by atoms with van der Waals surface area (Å²) in [4.78, 5) is 11.3. The van der Waals surface area contributed by atoms with Crippen molar-refractivity contribution in [2.24, 2.45) is 9.98 Å². The third kappa shape index (κ3) is 5.39. The fourth-order valence-corrected chi connectivity index (χ4v) is 10.3. The molecule has 3 heterocycles. The van der Waals surface area contributed by atoms with Gasteiger partial charge < -0.3 is 8.98 Å². The van der Waals surface area contributed by atoms with Crippen molar-refractivity contribution >= 4 is 82.5 Å². The number of aromatic nitrogens is 1. The minimum Gasteiger partial charge on any atom is -0.456 e. The SMILES string of the molecule is C/C1=C(/c2cc(-n3c4ccccc4c4cc5ccccc5cc43)c3c(c2)oc2ccccc23)N=C(c2cccc3ccccc23)N=C(c2ccc3c(c2)-c2ccccc2C3)CC1. The number of allylic oxidation sites excluding steroid dienone is 1. The molecule has 0 atom stereocenters. The molecule has 0 unspecified atom stereocenters. The zero-order valence-corrected chi connectivity index (χ0v) is 34.2. The van der Waals surface area contributed by atoms with E-state index in [0.29, 0.717) is 5.84 Å². The van der Waals surface area contributed by atoms with Gasteiger partial charge in [0.25, 0.3) is 0 Å². The normalized spacial score (nSPS) is 15.3. The molecule has 2 aromatic heterocycles. The van der Waals surface area contributed by atoms with Gasteiger partial charge in [0.1, 0.15) is 11.2 Å². The summed E-state index contributed by atoms with van der Waals surface area (Å²) in [5, 5.41) is 9.33. The van der Waals surface area contributed by atoms with Gasteiger partial charge in [-0.25, -0.2) is 9.98 Å². The number of nitrogens with zero attached hydrogens (tertiary/aromatic N) is 3. The van der Waals surface area contributed by atoms with Crippen molar-refractivity contribution in [3.05, 3.63) is 215 Å². The van der Waals surface area contributed by atoms with Crippen LogP contribution in [0.3, 0.4) is 0 Å². The quantitative estimate of drug-likeness (QED) is 0.175. The van der Waals surface area contributed by atoms with Crippen molar-refractivity contribution < 1.29 is 4.42 Å². The van der Waals surface area contributed by atoms with Gasteiger partial charge in [-0.1, -0.05) is 140 Å². The Morgan fingerprint density at radius 1 is 0.468 bits per heavy atom. The molecule has 1 aliphatic heterocycles. The molecular weight excluding hydrogens is 755 g/mol. The van der Waals surface area contributed by atoms with Crippen molar-refractivity contribution in [1.29, 1.82) is 0 Å². The number of hydrogen-bond acceptors (Lipinski definition) is 3. The molecular formula is C58H39N3O. The number of aliphatic imine (C=N–C) groups is 2. The van der Waals surface area contributed by atoms with Gasteiger partial charge in [-0.2, -0.15) is 0 Å². The summed E-state index contributed by atoms with van der Waals surface area (Å²) in [6.45, 7) is 2.25. The van der Waals surface area contributed by atoms with Crippen LogP contribution in [0.2, 0.25) is 0 Å². The maximum absolute atomic E-state index is 6.80. The van der Waals surface area contributed by atoms with Crippen LogP contribution in [0, 0.1) is 0 Å². The van der Waals surface area contributed by atoms with Crippen LogP contribution in [-0.4, -0.2) is 16.1 Å². The molecule has 13 rings (SSSR count). The smallest absolute Gasteiger partial charge is 0.160 e. The second-order valence-corrected chi connectivity index (χ2v) is 16.9. The molecule has 0 radical (unpaired) electrons. The largest absolute Gasteiger partial charge is 0.456 e. The van der Waals surface area contributed by atoms with Crippen molar-refractivity contribution in [2.75, 3.05) is 0 Å². The zero-order chi connectivity index (χ0) is 40.9. The first-order valence-electron chi connectivity index (χ1n) is 21.6. The van der Waals surface area contributed by atoms with Crippen LogP contribution >= 0.6 is 0 Å².